The Kier molecular flexibility index (Phi) is 6.12. The number of amides is 1. The summed E-state index contributed by atoms with van der Waals surface area (Å²) in [6.07, 6.45) is 0. The van der Waals surface area contributed by atoms with Crippen LogP contribution in [-0.2, 0) is 21.4 Å². The number of nitrogens with zero attached hydrogens (tertiary/aromatic N) is 4. The highest BCUT2D eigenvalue weighted by atomic mass is 32.2. The lowest BCUT2D eigenvalue weighted by Gasteiger charge is -2.21. The summed E-state index contributed by atoms with van der Waals surface area (Å²) in [6, 6.07) is 0. The van der Waals surface area contributed by atoms with E-state index in [4.69, 9.17) is 0 Å². The highest BCUT2D eigenvalue weighted by Crippen LogP contribution is 2.22. The van der Waals surface area contributed by atoms with Gasteiger partial charge in [-0.2, -0.15) is 5.10 Å². The predicted molar refractivity (Wildman–Crippen MR) is 89.6 cm³/mol. The number of sulfonamides is 1. The molecule has 1 aromatic rings. The molecule has 1 rings (SSSR count). The molecule has 0 aliphatic heterocycles. The van der Waals surface area contributed by atoms with Crippen molar-refractivity contribution in [3.8, 4) is 0 Å². The number of rotatable bonds is 7. The van der Waals surface area contributed by atoms with Gasteiger partial charge in [-0.05, 0) is 27.7 Å². The van der Waals surface area contributed by atoms with Crippen LogP contribution in [0.5, 0.6) is 0 Å². The van der Waals surface area contributed by atoms with Gasteiger partial charge in [0.05, 0.1) is 11.4 Å². The average molecular weight is 342 g/mol. The zero-order valence-electron chi connectivity index (χ0n) is 14.8. The minimum Gasteiger partial charge on any atom is -0.337 e. The van der Waals surface area contributed by atoms with E-state index in [1.165, 1.54) is 18.8 Å². The lowest BCUT2D eigenvalue weighted by Crippen LogP contribution is -2.35. The molecule has 0 N–H and O–H groups in total. The minimum absolute atomic E-state index is 0.0107. The molecule has 0 saturated heterocycles. The standard InChI is InChI=1S/C15H26N4O3S/c1-8-18(9-11(2)3)14(20)10-19-13(5)15(12(4)16-19)23(21,22)17(6)7/h2,8-10H2,1,3-7H3. The third-order valence-corrected chi connectivity index (χ3v) is 5.60. The molecule has 0 unspecified atom stereocenters. The SMILES string of the molecule is C=C(C)CN(CC)C(=O)Cn1nc(C)c(S(=O)(=O)N(C)C)c1C. The van der Waals surface area contributed by atoms with Gasteiger partial charge in [-0.25, -0.2) is 12.7 Å². The molecule has 130 valence electrons. The van der Waals surface area contributed by atoms with Gasteiger partial charge < -0.3 is 4.90 Å². The Morgan fingerprint density at radius 3 is 2.30 bits per heavy atom. The summed E-state index contributed by atoms with van der Waals surface area (Å²) in [5.41, 5.74) is 1.76. The molecule has 23 heavy (non-hydrogen) atoms. The van der Waals surface area contributed by atoms with Gasteiger partial charge in [0.25, 0.3) is 0 Å². The van der Waals surface area contributed by atoms with Gasteiger partial charge in [0.2, 0.25) is 15.9 Å². The van der Waals surface area contributed by atoms with E-state index in [0.29, 0.717) is 24.5 Å². The molecule has 1 amide bonds. The Bertz CT molecular complexity index is 705. The van der Waals surface area contributed by atoms with Crippen LogP contribution in [0.3, 0.4) is 0 Å². The number of carbonyl (C=O) groups excluding carboxylic acids is 1. The number of carbonyl (C=O) groups is 1. The van der Waals surface area contributed by atoms with E-state index in [2.05, 4.69) is 11.7 Å². The smallest absolute Gasteiger partial charge is 0.246 e. The molecule has 7 nitrogen and oxygen atoms in total. The van der Waals surface area contributed by atoms with E-state index < -0.39 is 10.0 Å². The summed E-state index contributed by atoms with van der Waals surface area (Å²) in [5, 5.41) is 4.24. The lowest BCUT2D eigenvalue weighted by molar-refractivity contribution is -0.131. The Morgan fingerprint density at radius 1 is 1.30 bits per heavy atom. The fourth-order valence-corrected chi connectivity index (χ4v) is 3.58. The van der Waals surface area contributed by atoms with Crippen LogP contribution >= 0.6 is 0 Å². The van der Waals surface area contributed by atoms with Gasteiger partial charge >= 0.3 is 0 Å². The molecule has 0 spiro atoms. The first-order valence-electron chi connectivity index (χ1n) is 7.41. The van der Waals surface area contributed by atoms with E-state index in [1.54, 1.807) is 18.7 Å². The van der Waals surface area contributed by atoms with Crippen molar-refractivity contribution in [3.05, 3.63) is 23.5 Å². The van der Waals surface area contributed by atoms with Crippen LogP contribution in [0.25, 0.3) is 0 Å². The summed E-state index contributed by atoms with van der Waals surface area (Å²) < 4.78 is 27.3. The molecular formula is C15H26N4O3S. The van der Waals surface area contributed by atoms with Crippen molar-refractivity contribution in [1.82, 2.24) is 19.0 Å². The van der Waals surface area contributed by atoms with E-state index in [9.17, 15) is 13.2 Å². The van der Waals surface area contributed by atoms with Gasteiger partial charge in [0.1, 0.15) is 11.4 Å². The Morgan fingerprint density at radius 2 is 1.87 bits per heavy atom. The van der Waals surface area contributed by atoms with Crippen molar-refractivity contribution in [2.75, 3.05) is 27.2 Å². The van der Waals surface area contributed by atoms with Crippen LogP contribution in [0.15, 0.2) is 17.0 Å². The first kappa shape index (κ1) is 19.4. The summed E-state index contributed by atoms with van der Waals surface area (Å²) in [6.45, 7) is 11.9. The van der Waals surface area contributed by atoms with Crippen molar-refractivity contribution >= 4 is 15.9 Å². The Hall–Kier alpha value is -1.67. The van der Waals surface area contributed by atoms with Crippen LogP contribution in [0.1, 0.15) is 25.2 Å². The highest BCUT2D eigenvalue weighted by Gasteiger charge is 2.27. The van der Waals surface area contributed by atoms with Crippen LogP contribution < -0.4 is 0 Å². The predicted octanol–water partition coefficient (Wildman–Crippen LogP) is 1.17. The lowest BCUT2D eigenvalue weighted by atomic mass is 10.3. The largest absolute Gasteiger partial charge is 0.337 e. The molecule has 0 fully saturated rings. The Balaban J connectivity index is 3.13. The molecule has 0 radical (unpaired) electrons. The number of hydrogen-bond acceptors (Lipinski definition) is 4. The molecule has 0 bridgehead atoms. The second-order valence-electron chi connectivity index (χ2n) is 5.81. The maximum absolute atomic E-state index is 12.4. The quantitative estimate of drug-likeness (QED) is 0.697. The molecule has 8 heteroatoms. The number of likely N-dealkylation sites (N-methyl/N-ethyl adjacent to an activating group) is 1. The van der Waals surface area contributed by atoms with E-state index >= 15 is 0 Å². The number of hydrogen-bond donors (Lipinski definition) is 0. The molecule has 0 aliphatic carbocycles. The fourth-order valence-electron chi connectivity index (χ4n) is 2.32. The fraction of sp³-hybridized carbons (Fsp3) is 0.600. The molecule has 0 saturated carbocycles. The van der Waals surface area contributed by atoms with Gasteiger partial charge in [-0.3, -0.25) is 9.48 Å². The molecule has 1 aromatic heterocycles. The molecule has 0 atom stereocenters. The van der Waals surface area contributed by atoms with Gasteiger partial charge in [-0.1, -0.05) is 12.2 Å². The van der Waals surface area contributed by atoms with Crippen LogP contribution in [0.4, 0.5) is 0 Å². The van der Waals surface area contributed by atoms with Crippen LogP contribution in [-0.4, -0.2) is 60.5 Å². The molecule has 0 aromatic carbocycles. The third-order valence-electron chi connectivity index (χ3n) is 3.53. The maximum Gasteiger partial charge on any atom is 0.246 e. The average Bonchev–Trinajstić information content (AvgIpc) is 2.70. The zero-order chi connectivity index (χ0) is 17.9. The summed E-state index contributed by atoms with van der Waals surface area (Å²) in [4.78, 5) is 14.2. The van der Waals surface area contributed by atoms with Crippen molar-refractivity contribution in [3.63, 3.8) is 0 Å². The van der Waals surface area contributed by atoms with Crippen molar-refractivity contribution < 1.29 is 13.2 Å². The monoisotopic (exact) mass is 342 g/mol. The normalized spacial score (nSPS) is 11.8. The van der Waals surface area contributed by atoms with Crippen LogP contribution in [0, 0.1) is 13.8 Å². The number of aryl methyl sites for hydroxylation is 1. The van der Waals surface area contributed by atoms with Crippen LogP contribution in [0.2, 0.25) is 0 Å². The molecule has 0 aliphatic rings. The zero-order valence-corrected chi connectivity index (χ0v) is 15.6. The van der Waals surface area contributed by atoms with Crippen molar-refractivity contribution in [2.24, 2.45) is 0 Å². The van der Waals surface area contributed by atoms with Crippen molar-refractivity contribution in [2.45, 2.75) is 39.1 Å². The van der Waals surface area contributed by atoms with E-state index in [1.807, 2.05) is 13.8 Å². The minimum atomic E-state index is -3.59. The first-order valence-corrected chi connectivity index (χ1v) is 8.85. The summed E-state index contributed by atoms with van der Waals surface area (Å²) in [7, 11) is -0.638. The van der Waals surface area contributed by atoms with Gasteiger partial charge in [0, 0.05) is 27.2 Å². The van der Waals surface area contributed by atoms with E-state index in [-0.39, 0.29) is 17.3 Å². The second kappa shape index (κ2) is 7.27. The summed E-state index contributed by atoms with van der Waals surface area (Å²) >= 11 is 0. The van der Waals surface area contributed by atoms with Gasteiger partial charge in [0.15, 0.2) is 0 Å². The summed E-state index contributed by atoms with van der Waals surface area (Å²) in [5.74, 6) is -0.116. The Labute approximate surface area is 138 Å². The maximum atomic E-state index is 12.4. The van der Waals surface area contributed by atoms with Gasteiger partial charge in [-0.15, -0.1) is 0 Å². The number of aromatic nitrogens is 2. The third kappa shape index (κ3) is 4.20. The second-order valence-corrected chi connectivity index (χ2v) is 7.90. The molecule has 1 heterocycles. The van der Waals surface area contributed by atoms with Crippen molar-refractivity contribution in [1.29, 1.82) is 0 Å². The first-order chi connectivity index (χ1) is 10.5. The van der Waals surface area contributed by atoms with E-state index in [0.717, 1.165) is 9.88 Å². The highest BCUT2D eigenvalue weighted by molar-refractivity contribution is 7.89. The topological polar surface area (TPSA) is 75.5 Å². The molecular weight excluding hydrogens is 316 g/mol.